The fourth-order valence-electron chi connectivity index (χ4n) is 3.19. The molecule has 0 fully saturated rings. The van der Waals surface area contributed by atoms with Gasteiger partial charge in [0.15, 0.2) is 0 Å². The minimum absolute atomic E-state index is 0.0183. The largest absolute Gasteiger partial charge is 0.390 e. The molecule has 1 aromatic carbocycles. The van der Waals surface area contributed by atoms with Gasteiger partial charge in [-0.15, -0.1) is 0 Å². The first-order valence-electron chi connectivity index (χ1n) is 7.89. The second-order valence-corrected chi connectivity index (χ2v) is 5.89. The predicted molar refractivity (Wildman–Crippen MR) is 88.1 cm³/mol. The van der Waals surface area contributed by atoms with Crippen LogP contribution >= 0.6 is 0 Å². The summed E-state index contributed by atoms with van der Waals surface area (Å²) in [6.45, 7) is 4.46. The van der Waals surface area contributed by atoms with E-state index < -0.39 is 0 Å². The van der Waals surface area contributed by atoms with Gasteiger partial charge in [0.1, 0.15) is 11.6 Å². The van der Waals surface area contributed by atoms with Crippen LogP contribution in [0, 0.1) is 6.92 Å². The Morgan fingerprint density at radius 1 is 1.17 bits per heavy atom. The van der Waals surface area contributed by atoms with E-state index in [1.54, 1.807) is 0 Å². The normalized spacial score (nSPS) is 14.8. The number of hydrogen-bond acceptors (Lipinski definition) is 5. The van der Waals surface area contributed by atoms with Gasteiger partial charge in [-0.2, -0.15) is 5.10 Å². The van der Waals surface area contributed by atoms with Gasteiger partial charge in [0, 0.05) is 18.5 Å². The highest BCUT2D eigenvalue weighted by Gasteiger charge is 2.20. The van der Waals surface area contributed by atoms with Gasteiger partial charge in [0.05, 0.1) is 30.1 Å². The van der Waals surface area contributed by atoms with E-state index in [-0.39, 0.29) is 6.61 Å². The second kappa shape index (κ2) is 5.62. The predicted octanol–water partition coefficient (Wildman–Crippen LogP) is 2.04. The first kappa shape index (κ1) is 14.1. The molecule has 1 aliphatic rings. The van der Waals surface area contributed by atoms with Crippen LogP contribution in [0.2, 0.25) is 0 Å². The number of para-hydroxylation sites is 1. The van der Waals surface area contributed by atoms with Gasteiger partial charge in [-0.1, -0.05) is 12.1 Å². The molecule has 0 spiro atoms. The molecule has 23 heavy (non-hydrogen) atoms. The molecule has 0 unspecified atom stereocenters. The van der Waals surface area contributed by atoms with Crippen molar-refractivity contribution in [3.63, 3.8) is 0 Å². The standard InChI is InChI=1S/C17H19N5O/c1-12-18-16-6-3-2-5-15(16)17(19-12)21-7-4-8-22-14(10-21)9-13(11-23)20-22/h2-3,5-6,9,23H,4,7-8,10-11H2,1H3. The van der Waals surface area contributed by atoms with E-state index in [0.29, 0.717) is 0 Å². The van der Waals surface area contributed by atoms with Gasteiger partial charge in [-0.05, 0) is 31.5 Å². The van der Waals surface area contributed by atoms with E-state index in [1.807, 2.05) is 35.9 Å². The summed E-state index contributed by atoms with van der Waals surface area (Å²) in [5.74, 6) is 1.76. The monoisotopic (exact) mass is 309 g/mol. The van der Waals surface area contributed by atoms with Crippen molar-refractivity contribution in [3.8, 4) is 0 Å². The molecule has 6 heteroatoms. The van der Waals surface area contributed by atoms with Crippen molar-refractivity contribution in [3.05, 3.63) is 47.5 Å². The number of rotatable bonds is 2. The van der Waals surface area contributed by atoms with Crippen molar-refractivity contribution in [2.24, 2.45) is 0 Å². The van der Waals surface area contributed by atoms with Crippen molar-refractivity contribution in [2.45, 2.75) is 33.0 Å². The number of hydrogen-bond donors (Lipinski definition) is 1. The van der Waals surface area contributed by atoms with E-state index in [4.69, 9.17) is 4.98 Å². The average Bonchev–Trinajstić information content (AvgIpc) is 2.85. The molecule has 0 aliphatic carbocycles. The summed E-state index contributed by atoms with van der Waals surface area (Å²) in [7, 11) is 0. The summed E-state index contributed by atoms with van der Waals surface area (Å²) in [5.41, 5.74) is 2.82. The number of anilines is 1. The smallest absolute Gasteiger partial charge is 0.140 e. The van der Waals surface area contributed by atoms with Gasteiger partial charge in [-0.3, -0.25) is 4.68 Å². The molecule has 0 radical (unpaired) electrons. The van der Waals surface area contributed by atoms with Gasteiger partial charge in [-0.25, -0.2) is 9.97 Å². The minimum atomic E-state index is -0.0183. The zero-order valence-electron chi connectivity index (χ0n) is 13.1. The molecule has 4 rings (SSSR count). The molecular formula is C17H19N5O. The van der Waals surface area contributed by atoms with Crippen LogP contribution in [0.4, 0.5) is 5.82 Å². The number of aliphatic hydroxyl groups excluding tert-OH is 1. The number of aromatic nitrogens is 4. The molecule has 0 amide bonds. The minimum Gasteiger partial charge on any atom is -0.390 e. The maximum Gasteiger partial charge on any atom is 0.140 e. The van der Waals surface area contributed by atoms with Crippen molar-refractivity contribution in [1.29, 1.82) is 0 Å². The van der Waals surface area contributed by atoms with Crippen LogP contribution in [0.25, 0.3) is 10.9 Å². The Morgan fingerprint density at radius 3 is 2.91 bits per heavy atom. The average molecular weight is 309 g/mol. The molecule has 0 atom stereocenters. The van der Waals surface area contributed by atoms with E-state index in [1.165, 1.54) is 0 Å². The number of aliphatic hydroxyl groups is 1. The van der Waals surface area contributed by atoms with E-state index in [2.05, 4.69) is 21.0 Å². The quantitative estimate of drug-likeness (QED) is 0.784. The lowest BCUT2D eigenvalue weighted by Gasteiger charge is -2.23. The lowest BCUT2D eigenvalue weighted by atomic mass is 10.2. The van der Waals surface area contributed by atoms with Gasteiger partial charge >= 0.3 is 0 Å². The summed E-state index contributed by atoms with van der Waals surface area (Å²) in [5, 5.41) is 14.8. The van der Waals surface area contributed by atoms with Crippen molar-refractivity contribution >= 4 is 16.7 Å². The zero-order valence-corrected chi connectivity index (χ0v) is 13.1. The molecule has 2 aromatic heterocycles. The van der Waals surface area contributed by atoms with Gasteiger partial charge < -0.3 is 10.0 Å². The highest BCUT2D eigenvalue weighted by atomic mass is 16.3. The zero-order chi connectivity index (χ0) is 15.8. The van der Waals surface area contributed by atoms with Crippen LogP contribution < -0.4 is 4.90 Å². The molecule has 0 bridgehead atoms. The van der Waals surface area contributed by atoms with Gasteiger partial charge in [0.25, 0.3) is 0 Å². The first-order chi connectivity index (χ1) is 11.2. The number of nitrogens with zero attached hydrogens (tertiary/aromatic N) is 5. The van der Waals surface area contributed by atoms with Crippen molar-refractivity contribution in [2.75, 3.05) is 11.4 Å². The third-order valence-corrected chi connectivity index (χ3v) is 4.22. The maximum atomic E-state index is 9.31. The number of aryl methyl sites for hydroxylation is 2. The molecule has 3 aromatic rings. The Labute approximate surface area is 134 Å². The summed E-state index contributed by atoms with van der Waals surface area (Å²) in [6, 6.07) is 10.1. The molecule has 1 N–H and O–H groups in total. The van der Waals surface area contributed by atoms with Crippen LogP contribution in [0.5, 0.6) is 0 Å². The SMILES string of the molecule is Cc1nc(N2CCCn3nc(CO)cc3C2)c2ccccc2n1. The summed E-state index contributed by atoms with van der Waals surface area (Å²) in [6.07, 6.45) is 0.997. The Balaban J connectivity index is 1.78. The molecule has 0 saturated carbocycles. The fourth-order valence-corrected chi connectivity index (χ4v) is 3.19. The summed E-state index contributed by atoms with van der Waals surface area (Å²) < 4.78 is 2.00. The topological polar surface area (TPSA) is 67.1 Å². The molecule has 118 valence electrons. The highest BCUT2D eigenvalue weighted by molar-refractivity contribution is 5.89. The van der Waals surface area contributed by atoms with E-state index >= 15 is 0 Å². The fraction of sp³-hybridized carbons (Fsp3) is 0.353. The molecule has 3 heterocycles. The summed E-state index contributed by atoms with van der Waals surface area (Å²) in [4.78, 5) is 11.5. The lowest BCUT2D eigenvalue weighted by molar-refractivity contribution is 0.275. The highest BCUT2D eigenvalue weighted by Crippen LogP contribution is 2.27. The third-order valence-electron chi connectivity index (χ3n) is 4.22. The van der Waals surface area contributed by atoms with Crippen molar-refractivity contribution < 1.29 is 5.11 Å². The number of fused-ring (bicyclic) bond motifs is 2. The van der Waals surface area contributed by atoms with Crippen LogP contribution in [0.15, 0.2) is 30.3 Å². The maximum absolute atomic E-state index is 9.31. The van der Waals surface area contributed by atoms with Gasteiger partial charge in [0.2, 0.25) is 0 Å². The first-order valence-corrected chi connectivity index (χ1v) is 7.89. The lowest BCUT2D eigenvalue weighted by Crippen LogP contribution is -2.24. The Morgan fingerprint density at radius 2 is 2.04 bits per heavy atom. The summed E-state index contributed by atoms with van der Waals surface area (Å²) >= 11 is 0. The Kier molecular flexibility index (Phi) is 3.46. The molecule has 1 aliphatic heterocycles. The molecule has 0 saturated heterocycles. The third kappa shape index (κ3) is 2.55. The Hall–Kier alpha value is -2.47. The van der Waals surface area contributed by atoms with Crippen LogP contribution in [-0.2, 0) is 19.7 Å². The molecular weight excluding hydrogens is 290 g/mol. The molecule has 6 nitrogen and oxygen atoms in total. The second-order valence-electron chi connectivity index (χ2n) is 5.89. The number of benzene rings is 1. The van der Waals surface area contributed by atoms with Crippen molar-refractivity contribution in [1.82, 2.24) is 19.7 Å². The van der Waals surface area contributed by atoms with Crippen LogP contribution in [0.3, 0.4) is 0 Å². The van der Waals surface area contributed by atoms with Crippen LogP contribution in [0.1, 0.15) is 23.6 Å². The van der Waals surface area contributed by atoms with E-state index in [0.717, 1.165) is 60.0 Å². The van der Waals surface area contributed by atoms with Crippen LogP contribution in [-0.4, -0.2) is 31.4 Å². The Bertz CT molecular complexity index is 857. The van der Waals surface area contributed by atoms with E-state index in [9.17, 15) is 5.11 Å².